The Kier molecular flexibility index (Phi) is 3.46. The lowest BCUT2D eigenvalue weighted by Gasteiger charge is -2.11. The smallest absolute Gasteiger partial charge is 0.131 e. The number of nitrogen functional groups attached to an aromatic ring is 1. The molecule has 4 heteroatoms. The molecule has 0 spiro atoms. The van der Waals surface area contributed by atoms with Crippen molar-refractivity contribution >= 4 is 5.69 Å². The van der Waals surface area contributed by atoms with Gasteiger partial charge in [0.15, 0.2) is 0 Å². The quantitative estimate of drug-likeness (QED) is 0.846. The first-order chi connectivity index (χ1) is 8.58. The van der Waals surface area contributed by atoms with E-state index in [9.17, 15) is 8.78 Å². The van der Waals surface area contributed by atoms with E-state index in [-0.39, 0.29) is 12.2 Å². The standard InChI is InChI=1S/C14H13F2NO/c1-9-5-6-10(15)7-14(9)18-8-11-12(16)3-2-4-13(11)17/h2-7H,8,17H2,1H3. The SMILES string of the molecule is Cc1ccc(F)cc1OCc1c(N)cccc1F. The largest absolute Gasteiger partial charge is 0.488 e. The van der Waals surface area contributed by atoms with Crippen molar-refractivity contribution in [1.29, 1.82) is 0 Å². The summed E-state index contributed by atoms with van der Waals surface area (Å²) in [6.07, 6.45) is 0. The highest BCUT2D eigenvalue weighted by Crippen LogP contribution is 2.22. The van der Waals surface area contributed by atoms with E-state index in [4.69, 9.17) is 10.5 Å². The zero-order valence-corrected chi connectivity index (χ0v) is 9.91. The fourth-order valence-corrected chi connectivity index (χ4v) is 1.61. The average Bonchev–Trinajstić information content (AvgIpc) is 2.33. The summed E-state index contributed by atoms with van der Waals surface area (Å²) in [7, 11) is 0. The van der Waals surface area contributed by atoms with E-state index in [0.29, 0.717) is 11.4 Å². The molecular formula is C14H13F2NO. The number of hydrogen-bond acceptors (Lipinski definition) is 2. The molecule has 0 aliphatic carbocycles. The maximum absolute atomic E-state index is 13.5. The highest BCUT2D eigenvalue weighted by molar-refractivity contribution is 5.47. The number of benzene rings is 2. The van der Waals surface area contributed by atoms with Crippen LogP contribution in [0.4, 0.5) is 14.5 Å². The second-order valence-electron chi connectivity index (χ2n) is 4.01. The van der Waals surface area contributed by atoms with E-state index in [1.165, 1.54) is 24.3 Å². The maximum atomic E-state index is 13.5. The molecule has 18 heavy (non-hydrogen) atoms. The van der Waals surface area contributed by atoms with Crippen LogP contribution in [-0.2, 0) is 6.61 Å². The van der Waals surface area contributed by atoms with Crippen LogP contribution in [-0.4, -0.2) is 0 Å². The van der Waals surface area contributed by atoms with E-state index >= 15 is 0 Å². The topological polar surface area (TPSA) is 35.2 Å². The molecule has 0 radical (unpaired) electrons. The highest BCUT2D eigenvalue weighted by atomic mass is 19.1. The van der Waals surface area contributed by atoms with Crippen molar-refractivity contribution in [3.8, 4) is 5.75 Å². The van der Waals surface area contributed by atoms with Gasteiger partial charge in [0.2, 0.25) is 0 Å². The van der Waals surface area contributed by atoms with E-state index in [1.807, 2.05) is 0 Å². The molecule has 0 saturated heterocycles. The van der Waals surface area contributed by atoms with Gasteiger partial charge in [-0.05, 0) is 30.7 Å². The van der Waals surface area contributed by atoms with Crippen LogP contribution < -0.4 is 10.5 Å². The van der Waals surface area contributed by atoms with Gasteiger partial charge in [-0.2, -0.15) is 0 Å². The Hall–Kier alpha value is -2.10. The van der Waals surface area contributed by atoms with Crippen molar-refractivity contribution in [2.75, 3.05) is 5.73 Å². The van der Waals surface area contributed by atoms with Gasteiger partial charge in [-0.3, -0.25) is 0 Å². The Bertz CT molecular complexity index is 549. The van der Waals surface area contributed by atoms with Crippen molar-refractivity contribution in [3.63, 3.8) is 0 Å². The zero-order chi connectivity index (χ0) is 13.1. The summed E-state index contributed by atoms with van der Waals surface area (Å²) in [6, 6.07) is 8.66. The minimum Gasteiger partial charge on any atom is -0.488 e. The lowest BCUT2D eigenvalue weighted by atomic mass is 10.2. The first-order valence-electron chi connectivity index (χ1n) is 5.50. The number of halogens is 2. The monoisotopic (exact) mass is 249 g/mol. The van der Waals surface area contributed by atoms with Crippen LogP contribution in [0, 0.1) is 18.6 Å². The molecule has 0 fully saturated rings. The van der Waals surface area contributed by atoms with Crippen molar-refractivity contribution in [2.45, 2.75) is 13.5 Å². The molecule has 0 saturated carbocycles. The number of anilines is 1. The molecule has 0 aromatic heterocycles. The van der Waals surface area contributed by atoms with Crippen molar-refractivity contribution in [2.24, 2.45) is 0 Å². The Morgan fingerprint density at radius 2 is 1.94 bits per heavy atom. The van der Waals surface area contributed by atoms with Gasteiger partial charge in [0, 0.05) is 17.3 Å². The first kappa shape index (κ1) is 12.4. The predicted octanol–water partition coefficient (Wildman–Crippen LogP) is 3.43. The third kappa shape index (κ3) is 2.59. The summed E-state index contributed by atoms with van der Waals surface area (Å²) >= 11 is 0. The third-order valence-electron chi connectivity index (χ3n) is 2.68. The molecule has 2 rings (SSSR count). The van der Waals surface area contributed by atoms with Crippen LogP contribution in [0.1, 0.15) is 11.1 Å². The second-order valence-corrected chi connectivity index (χ2v) is 4.01. The molecule has 0 atom stereocenters. The molecule has 2 nitrogen and oxygen atoms in total. The van der Waals surface area contributed by atoms with Gasteiger partial charge in [-0.15, -0.1) is 0 Å². The molecule has 94 valence electrons. The zero-order valence-electron chi connectivity index (χ0n) is 9.91. The predicted molar refractivity (Wildman–Crippen MR) is 66.3 cm³/mol. The Morgan fingerprint density at radius 1 is 1.17 bits per heavy atom. The summed E-state index contributed by atoms with van der Waals surface area (Å²) in [5.41, 5.74) is 7.05. The van der Waals surface area contributed by atoms with Crippen LogP contribution in [0.3, 0.4) is 0 Å². The van der Waals surface area contributed by atoms with Crippen molar-refractivity contribution in [1.82, 2.24) is 0 Å². The Morgan fingerprint density at radius 3 is 2.67 bits per heavy atom. The molecular weight excluding hydrogens is 236 g/mol. The van der Waals surface area contributed by atoms with E-state index < -0.39 is 11.6 Å². The molecule has 0 amide bonds. The Labute approximate surface area is 104 Å². The number of ether oxygens (including phenoxy) is 1. The van der Waals surface area contributed by atoms with Gasteiger partial charge in [-0.1, -0.05) is 12.1 Å². The van der Waals surface area contributed by atoms with Crippen molar-refractivity contribution < 1.29 is 13.5 Å². The van der Waals surface area contributed by atoms with Gasteiger partial charge >= 0.3 is 0 Å². The van der Waals surface area contributed by atoms with Gasteiger partial charge in [0.1, 0.15) is 24.0 Å². The first-order valence-corrected chi connectivity index (χ1v) is 5.50. The van der Waals surface area contributed by atoms with Crippen LogP contribution in [0.15, 0.2) is 36.4 Å². The number of nitrogens with two attached hydrogens (primary N) is 1. The fraction of sp³-hybridized carbons (Fsp3) is 0.143. The molecule has 0 unspecified atom stereocenters. The summed E-state index contributed by atoms with van der Waals surface area (Å²) < 4.78 is 32.0. The fourth-order valence-electron chi connectivity index (χ4n) is 1.61. The van der Waals surface area contributed by atoms with E-state index in [0.717, 1.165) is 5.56 Å². The maximum Gasteiger partial charge on any atom is 0.131 e. The third-order valence-corrected chi connectivity index (χ3v) is 2.68. The minimum atomic E-state index is -0.427. The molecule has 2 N–H and O–H groups in total. The summed E-state index contributed by atoms with van der Waals surface area (Å²) in [5, 5.41) is 0. The second kappa shape index (κ2) is 5.04. The molecule has 2 aromatic rings. The van der Waals surface area contributed by atoms with E-state index in [2.05, 4.69) is 0 Å². The molecule has 0 aliphatic heterocycles. The molecule has 2 aromatic carbocycles. The van der Waals surface area contributed by atoms with Crippen LogP contribution in [0.2, 0.25) is 0 Å². The van der Waals surface area contributed by atoms with Crippen molar-refractivity contribution in [3.05, 3.63) is 59.2 Å². The summed E-state index contributed by atoms with van der Waals surface area (Å²) in [4.78, 5) is 0. The number of rotatable bonds is 3. The Balaban J connectivity index is 2.19. The van der Waals surface area contributed by atoms with Gasteiger partial charge in [-0.25, -0.2) is 8.78 Å². The minimum absolute atomic E-state index is 0.0250. The highest BCUT2D eigenvalue weighted by Gasteiger charge is 2.08. The number of hydrogen-bond donors (Lipinski definition) is 1. The lowest BCUT2D eigenvalue weighted by molar-refractivity contribution is 0.297. The molecule has 0 aliphatic rings. The normalized spacial score (nSPS) is 10.4. The lowest BCUT2D eigenvalue weighted by Crippen LogP contribution is -2.04. The van der Waals surface area contributed by atoms with Gasteiger partial charge < -0.3 is 10.5 Å². The van der Waals surface area contributed by atoms with Gasteiger partial charge in [0.05, 0.1) is 0 Å². The van der Waals surface area contributed by atoms with E-state index in [1.54, 1.807) is 19.1 Å². The summed E-state index contributed by atoms with van der Waals surface area (Å²) in [6.45, 7) is 1.77. The summed E-state index contributed by atoms with van der Waals surface area (Å²) in [5.74, 6) is -0.432. The van der Waals surface area contributed by atoms with Crippen LogP contribution >= 0.6 is 0 Å². The molecule has 0 bridgehead atoms. The molecule has 0 heterocycles. The van der Waals surface area contributed by atoms with Crippen LogP contribution in [0.25, 0.3) is 0 Å². The van der Waals surface area contributed by atoms with Crippen LogP contribution in [0.5, 0.6) is 5.75 Å². The average molecular weight is 249 g/mol. The van der Waals surface area contributed by atoms with Gasteiger partial charge in [0.25, 0.3) is 0 Å². The number of aryl methyl sites for hydroxylation is 1.